The molecule has 0 spiro atoms. The summed E-state index contributed by atoms with van der Waals surface area (Å²) in [7, 11) is 1.91. The minimum Gasteiger partial charge on any atom is -0.305 e. The zero-order chi connectivity index (χ0) is 20.3. The van der Waals surface area contributed by atoms with E-state index < -0.39 is 0 Å². The fourth-order valence-electron chi connectivity index (χ4n) is 3.07. The van der Waals surface area contributed by atoms with Crippen molar-refractivity contribution in [1.29, 1.82) is 0 Å². The molecule has 146 valence electrons. The molecular formula is C22H26N4OS. The maximum absolute atomic E-state index is 12.9. The minimum absolute atomic E-state index is 0.120. The van der Waals surface area contributed by atoms with Crippen molar-refractivity contribution >= 4 is 17.5 Å². The van der Waals surface area contributed by atoms with Crippen molar-refractivity contribution in [3.05, 3.63) is 59.4 Å². The van der Waals surface area contributed by atoms with Crippen molar-refractivity contribution in [2.75, 3.05) is 5.75 Å². The van der Waals surface area contributed by atoms with Crippen molar-refractivity contribution in [3.8, 4) is 11.4 Å². The van der Waals surface area contributed by atoms with E-state index >= 15 is 0 Å². The van der Waals surface area contributed by atoms with Gasteiger partial charge >= 0.3 is 0 Å². The average molecular weight is 395 g/mol. The predicted molar refractivity (Wildman–Crippen MR) is 114 cm³/mol. The predicted octanol–water partition coefficient (Wildman–Crippen LogP) is 5.10. The maximum atomic E-state index is 12.9. The van der Waals surface area contributed by atoms with Gasteiger partial charge < -0.3 is 4.57 Å². The summed E-state index contributed by atoms with van der Waals surface area (Å²) in [6.07, 6.45) is 3.49. The molecule has 0 bridgehead atoms. The lowest BCUT2D eigenvalue weighted by Crippen LogP contribution is -2.09. The molecule has 0 amide bonds. The molecule has 0 aliphatic heterocycles. The second kappa shape index (κ2) is 8.69. The molecule has 0 saturated carbocycles. The number of carbonyl (C=O) groups is 1. The van der Waals surface area contributed by atoms with Crippen molar-refractivity contribution in [2.24, 2.45) is 7.05 Å². The van der Waals surface area contributed by atoms with Gasteiger partial charge in [0.15, 0.2) is 16.8 Å². The number of ketones is 1. The first-order valence-corrected chi connectivity index (χ1v) is 10.5. The highest BCUT2D eigenvalue weighted by Gasteiger charge is 2.18. The molecule has 1 aromatic carbocycles. The Kier molecular flexibility index (Phi) is 6.29. The van der Waals surface area contributed by atoms with Gasteiger partial charge in [0.05, 0.1) is 5.75 Å². The fourth-order valence-corrected chi connectivity index (χ4v) is 3.86. The Morgan fingerprint density at radius 1 is 1.11 bits per heavy atom. The number of Topliss-reactive ketones (excluding diaryl/α,β-unsaturated/α-hetero) is 1. The Labute approximate surface area is 170 Å². The van der Waals surface area contributed by atoms with E-state index in [0.717, 1.165) is 27.7 Å². The van der Waals surface area contributed by atoms with Crippen LogP contribution in [0.1, 0.15) is 61.0 Å². The van der Waals surface area contributed by atoms with Gasteiger partial charge in [-0.25, -0.2) is 0 Å². The highest BCUT2D eigenvalue weighted by molar-refractivity contribution is 7.99. The summed E-state index contributed by atoms with van der Waals surface area (Å²) in [6.45, 7) is 8.60. The zero-order valence-corrected chi connectivity index (χ0v) is 17.8. The number of thioether (sulfide) groups is 1. The molecule has 28 heavy (non-hydrogen) atoms. The van der Waals surface area contributed by atoms with E-state index in [1.807, 2.05) is 29.8 Å². The Bertz CT molecular complexity index is 964. The summed E-state index contributed by atoms with van der Waals surface area (Å²) in [6, 6.07) is 10.0. The Morgan fingerprint density at radius 3 is 2.54 bits per heavy atom. The summed E-state index contributed by atoms with van der Waals surface area (Å²) in [5, 5.41) is 9.22. The summed E-state index contributed by atoms with van der Waals surface area (Å²) in [5.74, 6) is 1.94. The van der Waals surface area contributed by atoms with Gasteiger partial charge in [0.2, 0.25) is 0 Å². The number of nitrogens with zero attached hydrogens (tertiary/aromatic N) is 4. The van der Waals surface area contributed by atoms with E-state index in [9.17, 15) is 4.79 Å². The fraction of sp³-hybridized carbons (Fsp3) is 0.364. The molecule has 2 heterocycles. The third-order valence-electron chi connectivity index (χ3n) is 4.75. The summed E-state index contributed by atoms with van der Waals surface area (Å²) >= 11 is 1.42. The number of rotatable bonds is 7. The van der Waals surface area contributed by atoms with Gasteiger partial charge in [-0.3, -0.25) is 9.78 Å². The lowest BCUT2D eigenvalue weighted by atomic mass is 9.90. The van der Waals surface area contributed by atoms with Crippen LogP contribution in [-0.2, 0) is 7.05 Å². The van der Waals surface area contributed by atoms with Crippen LogP contribution in [0.4, 0.5) is 0 Å². The zero-order valence-electron chi connectivity index (χ0n) is 17.0. The van der Waals surface area contributed by atoms with Crippen LogP contribution in [0.2, 0.25) is 0 Å². The number of hydrogen-bond donors (Lipinski definition) is 0. The molecule has 0 N–H and O–H groups in total. The van der Waals surface area contributed by atoms with Crippen molar-refractivity contribution < 1.29 is 4.79 Å². The first-order chi connectivity index (χ1) is 13.4. The normalized spacial score (nSPS) is 11.4. The van der Waals surface area contributed by atoms with Gasteiger partial charge in [-0.05, 0) is 35.1 Å². The van der Waals surface area contributed by atoms with E-state index in [1.54, 1.807) is 12.4 Å². The largest absolute Gasteiger partial charge is 0.305 e. The average Bonchev–Trinajstić information content (AvgIpc) is 3.06. The summed E-state index contributed by atoms with van der Waals surface area (Å²) < 4.78 is 1.90. The Balaban J connectivity index is 1.77. The molecule has 0 aliphatic carbocycles. The summed E-state index contributed by atoms with van der Waals surface area (Å²) in [5.41, 5.74) is 4.09. The molecule has 3 rings (SSSR count). The first-order valence-electron chi connectivity index (χ1n) is 9.48. The molecule has 0 radical (unpaired) electrons. The number of hydrogen-bond acceptors (Lipinski definition) is 5. The molecule has 0 atom stereocenters. The van der Waals surface area contributed by atoms with Gasteiger partial charge in [-0.15, -0.1) is 10.2 Å². The van der Waals surface area contributed by atoms with E-state index in [-0.39, 0.29) is 5.78 Å². The van der Waals surface area contributed by atoms with Crippen LogP contribution in [-0.4, -0.2) is 31.3 Å². The van der Waals surface area contributed by atoms with Crippen LogP contribution in [0.3, 0.4) is 0 Å². The molecule has 6 heteroatoms. The molecule has 3 aromatic rings. The number of pyridine rings is 1. The van der Waals surface area contributed by atoms with Crippen molar-refractivity contribution in [2.45, 2.75) is 44.7 Å². The third kappa shape index (κ3) is 4.33. The van der Waals surface area contributed by atoms with Crippen LogP contribution in [0.5, 0.6) is 0 Å². The second-order valence-electron chi connectivity index (χ2n) is 7.47. The topological polar surface area (TPSA) is 60.7 Å². The van der Waals surface area contributed by atoms with Gasteiger partial charge in [0.1, 0.15) is 0 Å². The van der Waals surface area contributed by atoms with Gasteiger partial charge in [0, 0.05) is 30.6 Å². The lowest BCUT2D eigenvalue weighted by Gasteiger charge is -2.15. The Hall–Kier alpha value is -2.47. The smallest absolute Gasteiger partial charge is 0.191 e. The highest BCUT2D eigenvalue weighted by Crippen LogP contribution is 2.27. The van der Waals surface area contributed by atoms with Gasteiger partial charge in [0.25, 0.3) is 0 Å². The highest BCUT2D eigenvalue weighted by atomic mass is 32.2. The molecule has 0 fully saturated rings. The van der Waals surface area contributed by atoms with Crippen LogP contribution in [0.25, 0.3) is 11.4 Å². The first kappa shape index (κ1) is 20.3. The quantitative estimate of drug-likeness (QED) is 0.412. The van der Waals surface area contributed by atoms with Crippen molar-refractivity contribution in [3.63, 3.8) is 0 Å². The Morgan fingerprint density at radius 2 is 1.89 bits per heavy atom. The number of aromatic nitrogens is 4. The van der Waals surface area contributed by atoms with E-state index in [0.29, 0.717) is 17.6 Å². The molecule has 0 unspecified atom stereocenters. The van der Waals surface area contributed by atoms with E-state index in [2.05, 4.69) is 55.0 Å². The standard InChI is InChI=1S/C22H26N4OS/c1-14(2)16-8-9-18(19(11-16)15(3)4)20(27)13-28-22-25-24-21(26(22)5)17-7-6-10-23-12-17/h6-12,14-15H,13H2,1-5H3. The molecule has 0 aliphatic rings. The van der Waals surface area contributed by atoms with Gasteiger partial charge in [-0.1, -0.05) is 57.7 Å². The minimum atomic E-state index is 0.120. The van der Waals surface area contributed by atoms with Crippen LogP contribution < -0.4 is 0 Å². The molecule has 2 aromatic heterocycles. The third-order valence-corrected chi connectivity index (χ3v) is 5.77. The van der Waals surface area contributed by atoms with Crippen LogP contribution in [0, 0.1) is 0 Å². The monoisotopic (exact) mass is 394 g/mol. The second-order valence-corrected chi connectivity index (χ2v) is 8.42. The lowest BCUT2D eigenvalue weighted by molar-refractivity contribution is 0.102. The molecular weight excluding hydrogens is 368 g/mol. The van der Waals surface area contributed by atoms with Crippen molar-refractivity contribution in [1.82, 2.24) is 19.7 Å². The SMILES string of the molecule is CC(C)c1ccc(C(=O)CSc2nnc(-c3cccnc3)n2C)c(C(C)C)c1. The summed E-state index contributed by atoms with van der Waals surface area (Å²) in [4.78, 5) is 17.1. The number of carbonyl (C=O) groups excluding carboxylic acids is 1. The molecule has 0 saturated heterocycles. The number of benzene rings is 1. The van der Waals surface area contributed by atoms with Gasteiger partial charge in [-0.2, -0.15) is 0 Å². The van der Waals surface area contributed by atoms with Crippen LogP contribution in [0.15, 0.2) is 47.9 Å². The van der Waals surface area contributed by atoms with Crippen LogP contribution >= 0.6 is 11.8 Å². The van der Waals surface area contributed by atoms with E-state index in [4.69, 9.17) is 0 Å². The molecule has 5 nitrogen and oxygen atoms in total. The van der Waals surface area contributed by atoms with E-state index in [1.165, 1.54) is 17.3 Å². The maximum Gasteiger partial charge on any atom is 0.191 e.